The molecular weight excluding hydrogens is 904 g/mol. The van der Waals surface area contributed by atoms with E-state index in [0.29, 0.717) is 19.3 Å². The number of rotatable bonds is 48. The number of unbranched alkanes of at least 4 members (excludes halogenated alkanes) is 13. The van der Waals surface area contributed by atoms with Crippen molar-refractivity contribution in [2.45, 2.75) is 213 Å². The number of allylic oxidation sites excluding steroid dienone is 18. The second-order valence-corrected chi connectivity index (χ2v) is 18.7. The highest BCUT2D eigenvalue weighted by Gasteiger charge is 2.28. The van der Waals surface area contributed by atoms with Gasteiger partial charge in [0.1, 0.15) is 12.7 Å². The van der Waals surface area contributed by atoms with Gasteiger partial charge in [-0.3, -0.25) is 23.4 Å². The highest BCUT2D eigenvalue weighted by atomic mass is 31.2. The molecule has 0 amide bonds. The van der Waals surface area contributed by atoms with Gasteiger partial charge < -0.3 is 24.2 Å². The lowest BCUT2D eigenvalue weighted by Gasteiger charge is -2.21. The summed E-state index contributed by atoms with van der Waals surface area (Å²) in [5.74, 6) is -1.57. The normalized spacial score (nSPS) is 14.3. The van der Waals surface area contributed by atoms with E-state index >= 15 is 0 Å². The van der Waals surface area contributed by atoms with Crippen LogP contribution in [0.2, 0.25) is 0 Å². The first-order valence-electron chi connectivity index (χ1n) is 26.8. The number of phosphoric ester groups is 1. The summed E-state index contributed by atoms with van der Waals surface area (Å²) in [6.45, 7) is 4.28. The molecule has 0 rings (SSSR count). The molecule has 398 valence electrons. The fourth-order valence-electron chi connectivity index (χ4n) is 6.67. The molecule has 0 aromatic carbocycles. The Morgan fingerprint density at radius 3 is 1.17 bits per heavy atom. The summed E-state index contributed by atoms with van der Waals surface area (Å²) in [6, 6.07) is 0. The van der Waals surface area contributed by atoms with Crippen LogP contribution in [0.15, 0.2) is 109 Å². The minimum absolute atomic E-state index is 0.114. The highest BCUT2D eigenvalue weighted by molar-refractivity contribution is 7.47. The Labute approximate surface area is 425 Å². The topological polar surface area (TPSA) is 155 Å². The Bertz CT molecular complexity index is 1590. The van der Waals surface area contributed by atoms with Crippen LogP contribution in [0.5, 0.6) is 0 Å². The summed E-state index contributed by atoms with van der Waals surface area (Å²) in [6.07, 6.45) is 60.7. The van der Waals surface area contributed by atoms with Crippen LogP contribution >= 0.6 is 7.82 Å². The summed E-state index contributed by atoms with van der Waals surface area (Å²) in [5.41, 5.74) is 0. The molecule has 0 saturated heterocycles. The van der Waals surface area contributed by atoms with Crippen LogP contribution in [-0.4, -0.2) is 66.5 Å². The van der Waals surface area contributed by atoms with E-state index in [2.05, 4.69) is 130 Å². The smallest absolute Gasteiger partial charge is 0.462 e. The van der Waals surface area contributed by atoms with Gasteiger partial charge in [0.25, 0.3) is 0 Å². The van der Waals surface area contributed by atoms with Crippen molar-refractivity contribution in [3.05, 3.63) is 109 Å². The maximum Gasteiger partial charge on any atom is 0.472 e. The lowest BCUT2D eigenvalue weighted by molar-refractivity contribution is -0.161. The molecule has 0 aromatic rings. The lowest BCUT2D eigenvalue weighted by Crippen LogP contribution is -2.30. The van der Waals surface area contributed by atoms with Gasteiger partial charge in [-0.2, -0.15) is 0 Å². The van der Waals surface area contributed by atoms with Gasteiger partial charge in [-0.1, -0.05) is 188 Å². The Kier molecular flexibility index (Phi) is 48.7. The van der Waals surface area contributed by atoms with Gasteiger partial charge in [-0.15, -0.1) is 0 Å². The Morgan fingerprint density at radius 1 is 0.414 bits per heavy atom. The molecule has 0 radical (unpaired) electrons. The summed E-state index contributed by atoms with van der Waals surface area (Å²) in [4.78, 5) is 48.3. The van der Waals surface area contributed by atoms with Gasteiger partial charge in [0, 0.05) is 19.3 Å². The number of hydrogen-bond acceptors (Lipinski definition) is 10. The summed E-state index contributed by atoms with van der Waals surface area (Å²) in [5, 5.41) is 9.75. The van der Waals surface area contributed by atoms with Crippen molar-refractivity contribution < 1.29 is 52.2 Å². The van der Waals surface area contributed by atoms with Crippen LogP contribution in [0.4, 0.5) is 0 Å². The van der Waals surface area contributed by atoms with Crippen molar-refractivity contribution in [3.63, 3.8) is 0 Å². The third-order valence-corrected chi connectivity index (χ3v) is 11.6. The maximum absolute atomic E-state index is 12.9. The minimum Gasteiger partial charge on any atom is -0.462 e. The molecule has 0 aliphatic heterocycles. The maximum atomic E-state index is 12.9. The first-order chi connectivity index (χ1) is 34.2. The molecule has 0 bridgehead atoms. The number of esters is 3. The molecule has 0 aromatic heterocycles. The Hall–Kier alpha value is -3.86. The fourth-order valence-corrected chi connectivity index (χ4v) is 7.45. The number of aliphatic hydroxyl groups excluding tert-OH is 1. The molecule has 70 heavy (non-hydrogen) atoms. The van der Waals surface area contributed by atoms with Crippen molar-refractivity contribution in [1.82, 2.24) is 0 Å². The number of hydrogen-bond donors (Lipinski definition) is 2. The van der Waals surface area contributed by atoms with Crippen molar-refractivity contribution in [1.29, 1.82) is 0 Å². The molecule has 0 heterocycles. The second-order valence-electron chi connectivity index (χ2n) is 17.3. The van der Waals surface area contributed by atoms with Crippen LogP contribution < -0.4 is 0 Å². The zero-order valence-corrected chi connectivity index (χ0v) is 44.6. The van der Waals surface area contributed by atoms with E-state index in [4.69, 9.17) is 23.3 Å². The van der Waals surface area contributed by atoms with Crippen LogP contribution in [0, 0.1) is 0 Å². The number of carbonyl (C=O) groups is 3. The predicted molar refractivity (Wildman–Crippen MR) is 288 cm³/mol. The lowest BCUT2D eigenvalue weighted by atomic mass is 10.1. The monoisotopic (exact) mass is 999 g/mol. The Morgan fingerprint density at radius 2 is 0.743 bits per heavy atom. The Balaban J connectivity index is 4.88. The van der Waals surface area contributed by atoms with Crippen molar-refractivity contribution in [2.75, 3.05) is 26.4 Å². The highest BCUT2D eigenvalue weighted by Crippen LogP contribution is 2.43. The molecule has 0 saturated carbocycles. The van der Waals surface area contributed by atoms with E-state index in [0.717, 1.165) is 109 Å². The van der Waals surface area contributed by atoms with Crippen molar-refractivity contribution in [3.8, 4) is 0 Å². The van der Waals surface area contributed by atoms with Gasteiger partial charge in [0.05, 0.1) is 19.8 Å². The second kappa shape index (κ2) is 51.5. The van der Waals surface area contributed by atoms with Crippen LogP contribution in [0.25, 0.3) is 0 Å². The fraction of sp³-hybridized carbons (Fsp3) is 0.638. The number of phosphoric acid groups is 1. The van der Waals surface area contributed by atoms with E-state index in [9.17, 15) is 28.9 Å². The molecule has 0 spiro atoms. The molecular formula is C58H95O11P. The van der Waals surface area contributed by atoms with Crippen LogP contribution in [-0.2, 0) is 42.2 Å². The zero-order chi connectivity index (χ0) is 51.3. The first-order valence-corrected chi connectivity index (χ1v) is 28.3. The molecule has 3 atom stereocenters. The first kappa shape index (κ1) is 66.1. The van der Waals surface area contributed by atoms with Crippen LogP contribution in [0.1, 0.15) is 201 Å². The third-order valence-electron chi connectivity index (χ3n) is 10.7. The van der Waals surface area contributed by atoms with Gasteiger partial charge in [0.15, 0.2) is 6.10 Å². The summed E-state index contributed by atoms with van der Waals surface area (Å²) < 4.78 is 39.3. The van der Waals surface area contributed by atoms with Gasteiger partial charge in [0.2, 0.25) is 0 Å². The van der Waals surface area contributed by atoms with Gasteiger partial charge in [-0.05, 0) is 103 Å². The molecule has 2 N–H and O–H groups in total. The van der Waals surface area contributed by atoms with E-state index in [1.165, 1.54) is 32.1 Å². The third kappa shape index (κ3) is 49.1. The molecule has 0 aliphatic rings. The molecule has 0 fully saturated rings. The molecule has 12 heteroatoms. The zero-order valence-electron chi connectivity index (χ0n) is 43.7. The van der Waals surface area contributed by atoms with E-state index in [-0.39, 0.29) is 25.9 Å². The number of aliphatic hydroxyl groups is 1. The van der Waals surface area contributed by atoms with Crippen LogP contribution in [0.3, 0.4) is 0 Å². The summed E-state index contributed by atoms with van der Waals surface area (Å²) >= 11 is 0. The van der Waals surface area contributed by atoms with Crippen molar-refractivity contribution in [2.24, 2.45) is 0 Å². The number of carbonyl (C=O) groups excluding carboxylic acids is 3. The standard InChI is InChI=1S/C58H95O11P/c1-4-7-10-13-16-19-21-23-25-26-27-28-30-32-34-37-40-43-46-49-58(62)69-55(51-65-56(60)47-44-41-38-36-33-31-29-24-22-20-17-14-11-8-5-2)53-67-70(63,64)66-52-54(50-59)68-57(61)48-45-42-39-35-18-15-12-9-6-3/h7-8,10-11,16-17,19-20,23-25,27-29,32-34,36,54-55,59H,4-6,9,12-15,18,21-22,26,30-31,35,37-53H2,1-3H3,(H,63,64)/b10-7-,11-8-,19-16-,20-17-,25-23-,28-27-,29-24-,34-32-,36-33-. The minimum atomic E-state index is -4.76. The van der Waals surface area contributed by atoms with Gasteiger partial charge >= 0.3 is 25.7 Å². The molecule has 3 unspecified atom stereocenters. The summed E-state index contributed by atoms with van der Waals surface area (Å²) in [7, 11) is -4.76. The van der Waals surface area contributed by atoms with Crippen molar-refractivity contribution >= 4 is 25.7 Å². The van der Waals surface area contributed by atoms with E-state index < -0.39 is 57.8 Å². The predicted octanol–water partition coefficient (Wildman–Crippen LogP) is 15.5. The average molecular weight is 999 g/mol. The SMILES string of the molecule is CC/C=C\C/C=C\C/C=C\C/C=C\C/C=C\CCCCCC(=O)OC(COC(=O)CCCC/C=C\C/C=C\C/C=C\C/C=C\CC)COP(=O)(O)OCC(CO)OC(=O)CCCCCCCCCCC. The van der Waals surface area contributed by atoms with E-state index in [1.807, 2.05) is 0 Å². The largest absolute Gasteiger partial charge is 0.472 e. The average Bonchev–Trinajstić information content (AvgIpc) is 3.35. The van der Waals surface area contributed by atoms with Gasteiger partial charge in [-0.25, -0.2) is 4.57 Å². The van der Waals surface area contributed by atoms with E-state index in [1.54, 1.807) is 0 Å². The molecule has 11 nitrogen and oxygen atoms in total. The molecule has 0 aliphatic carbocycles. The quantitative estimate of drug-likeness (QED) is 0.0197. The number of ether oxygens (including phenoxy) is 3.